The van der Waals surface area contributed by atoms with Crippen LogP contribution in [0.4, 0.5) is 0 Å². The Kier molecular flexibility index (Phi) is 14.3. The lowest BCUT2D eigenvalue weighted by Gasteiger charge is -2.12. The molecular formula is C17H29IN4O2. The normalized spacial score (nSPS) is 10.7. The smallest absolute Gasteiger partial charge is 0.251 e. The predicted octanol–water partition coefficient (Wildman–Crippen LogP) is 2.02. The molecule has 0 aliphatic rings. The SMILES string of the molecule is CCNC(=NCCCOCC)NCCNC(=O)c1ccccc1.I. The van der Waals surface area contributed by atoms with E-state index in [9.17, 15) is 4.79 Å². The van der Waals surface area contributed by atoms with Crippen LogP contribution in [0.2, 0.25) is 0 Å². The van der Waals surface area contributed by atoms with Gasteiger partial charge in [0.1, 0.15) is 0 Å². The molecule has 0 radical (unpaired) electrons. The molecule has 24 heavy (non-hydrogen) atoms. The maximum absolute atomic E-state index is 11.9. The fourth-order valence-corrected chi connectivity index (χ4v) is 1.89. The third-order valence-electron chi connectivity index (χ3n) is 3.00. The summed E-state index contributed by atoms with van der Waals surface area (Å²) in [6.07, 6.45) is 0.898. The van der Waals surface area contributed by atoms with Crippen LogP contribution >= 0.6 is 24.0 Å². The molecule has 0 saturated heterocycles. The van der Waals surface area contributed by atoms with Crippen LogP contribution in [0.25, 0.3) is 0 Å². The summed E-state index contributed by atoms with van der Waals surface area (Å²) in [6, 6.07) is 9.19. The summed E-state index contributed by atoms with van der Waals surface area (Å²) in [5.41, 5.74) is 0.670. The number of hydrogen-bond acceptors (Lipinski definition) is 3. The minimum absolute atomic E-state index is 0. The molecule has 1 aromatic rings. The van der Waals surface area contributed by atoms with Gasteiger partial charge in [-0.2, -0.15) is 0 Å². The number of benzene rings is 1. The fraction of sp³-hybridized carbons (Fsp3) is 0.529. The van der Waals surface area contributed by atoms with Crippen LogP contribution in [-0.4, -0.2) is 51.3 Å². The molecular weight excluding hydrogens is 419 g/mol. The summed E-state index contributed by atoms with van der Waals surface area (Å²) in [4.78, 5) is 16.4. The average molecular weight is 448 g/mol. The second-order valence-electron chi connectivity index (χ2n) is 4.86. The van der Waals surface area contributed by atoms with Crippen molar-refractivity contribution in [1.29, 1.82) is 0 Å². The number of guanidine groups is 1. The molecule has 0 fully saturated rings. The summed E-state index contributed by atoms with van der Waals surface area (Å²) < 4.78 is 5.28. The van der Waals surface area contributed by atoms with Crippen LogP contribution in [0.5, 0.6) is 0 Å². The van der Waals surface area contributed by atoms with Crippen molar-refractivity contribution in [1.82, 2.24) is 16.0 Å². The maximum atomic E-state index is 11.9. The Balaban J connectivity index is 0.00000529. The van der Waals surface area contributed by atoms with Gasteiger partial charge in [-0.1, -0.05) is 18.2 Å². The lowest BCUT2D eigenvalue weighted by molar-refractivity contribution is 0.0954. The lowest BCUT2D eigenvalue weighted by atomic mass is 10.2. The van der Waals surface area contributed by atoms with Crippen molar-refractivity contribution in [3.05, 3.63) is 35.9 Å². The van der Waals surface area contributed by atoms with Gasteiger partial charge in [0, 0.05) is 45.0 Å². The van der Waals surface area contributed by atoms with Gasteiger partial charge in [-0.25, -0.2) is 0 Å². The Morgan fingerprint density at radius 2 is 1.79 bits per heavy atom. The van der Waals surface area contributed by atoms with Crippen molar-refractivity contribution in [3.63, 3.8) is 0 Å². The van der Waals surface area contributed by atoms with E-state index in [2.05, 4.69) is 20.9 Å². The van der Waals surface area contributed by atoms with Crippen LogP contribution in [0.1, 0.15) is 30.6 Å². The number of nitrogens with one attached hydrogen (secondary N) is 3. The molecule has 1 amide bonds. The van der Waals surface area contributed by atoms with Gasteiger partial charge in [0.05, 0.1) is 0 Å². The third-order valence-corrected chi connectivity index (χ3v) is 3.00. The molecule has 0 unspecified atom stereocenters. The summed E-state index contributed by atoms with van der Waals surface area (Å²) in [5.74, 6) is 0.698. The summed E-state index contributed by atoms with van der Waals surface area (Å²) in [7, 11) is 0. The number of amides is 1. The zero-order valence-electron chi connectivity index (χ0n) is 14.5. The molecule has 0 aromatic heterocycles. The average Bonchev–Trinajstić information content (AvgIpc) is 2.59. The highest BCUT2D eigenvalue weighted by molar-refractivity contribution is 14.0. The van der Waals surface area contributed by atoms with E-state index in [4.69, 9.17) is 4.74 Å². The van der Waals surface area contributed by atoms with Crippen molar-refractivity contribution in [2.45, 2.75) is 20.3 Å². The van der Waals surface area contributed by atoms with Crippen LogP contribution in [0.15, 0.2) is 35.3 Å². The zero-order valence-corrected chi connectivity index (χ0v) is 16.8. The van der Waals surface area contributed by atoms with E-state index in [1.807, 2.05) is 32.0 Å². The van der Waals surface area contributed by atoms with Crippen molar-refractivity contribution in [2.75, 3.05) is 39.4 Å². The Hall–Kier alpha value is -1.35. The first-order chi connectivity index (χ1) is 11.3. The molecule has 1 aromatic carbocycles. The number of ether oxygens (including phenoxy) is 1. The van der Waals surface area contributed by atoms with Gasteiger partial charge in [0.15, 0.2) is 5.96 Å². The lowest BCUT2D eigenvalue weighted by Crippen LogP contribution is -2.41. The van der Waals surface area contributed by atoms with Crippen molar-refractivity contribution in [2.24, 2.45) is 4.99 Å². The van der Waals surface area contributed by atoms with Crippen LogP contribution in [0, 0.1) is 0 Å². The summed E-state index contributed by atoms with van der Waals surface area (Å²) in [5, 5.41) is 9.26. The van der Waals surface area contributed by atoms with Gasteiger partial charge in [-0.3, -0.25) is 9.79 Å². The van der Waals surface area contributed by atoms with E-state index >= 15 is 0 Å². The van der Waals surface area contributed by atoms with E-state index in [-0.39, 0.29) is 29.9 Å². The van der Waals surface area contributed by atoms with Crippen LogP contribution < -0.4 is 16.0 Å². The third kappa shape index (κ3) is 10.4. The Bertz CT molecular complexity index is 469. The van der Waals surface area contributed by atoms with Gasteiger partial charge in [-0.05, 0) is 32.4 Å². The number of hydrogen-bond donors (Lipinski definition) is 3. The molecule has 0 saturated carbocycles. The molecule has 0 atom stereocenters. The van der Waals surface area contributed by atoms with Crippen molar-refractivity contribution in [3.8, 4) is 0 Å². The standard InChI is InChI=1S/C17H28N4O2.HI/c1-3-18-17(20-11-8-14-23-4-2)21-13-12-19-16(22)15-9-6-5-7-10-15;/h5-7,9-10H,3-4,8,11-14H2,1-2H3,(H,19,22)(H2,18,20,21);1H. The number of nitrogens with zero attached hydrogens (tertiary/aromatic N) is 1. The highest BCUT2D eigenvalue weighted by Gasteiger charge is 2.03. The molecule has 0 aliphatic heterocycles. The monoisotopic (exact) mass is 448 g/mol. The van der Waals surface area contributed by atoms with E-state index in [0.29, 0.717) is 25.2 Å². The molecule has 0 aliphatic carbocycles. The predicted molar refractivity (Wildman–Crippen MR) is 109 cm³/mol. The number of carbonyl (C=O) groups excluding carboxylic acids is 1. The van der Waals surface area contributed by atoms with Gasteiger partial charge in [-0.15, -0.1) is 24.0 Å². The topological polar surface area (TPSA) is 74.8 Å². The minimum Gasteiger partial charge on any atom is -0.382 e. The molecule has 0 bridgehead atoms. The second-order valence-corrected chi connectivity index (χ2v) is 4.86. The van der Waals surface area contributed by atoms with Gasteiger partial charge in [0.2, 0.25) is 0 Å². The number of carbonyl (C=O) groups is 1. The molecule has 7 heteroatoms. The molecule has 1 rings (SSSR count). The Morgan fingerprint density at radius 1 is 1.08 bits per heavy atom. The second kappa shape index (κ2) is 15.2. The first kappa shape index (κ1) is 22.6. The molecule has 136 valence electrons. The maximum Gasteiger partial charge on any atom is 0.251 e. The fourth-order valence-electron chi connectivity index (χ4n) is 1.89. The summed E-state index contributed by atoms with van der Waals surface area (Å²) >= 11 is 0. The number of halogens is 1. The summed E-state index contributed by atoms with van der Waals surface area (Å²) in [6.45, 7) is 8.15. The largest absolute Gasteiger partial charge is 0.382 e. The Morgan fingerprint density at radius 3 is 2.46 bits per heavy atom. The molecule has 6 nitrogen and oxygen atoms in total. The highest BCUT2D eigenvalue weighted by atomic mass is 127. The van der Waals surface area contributed by atoms with E-state index < -0.39 is 0 Å². The Labute approximate surface area is 161 Å². The molecule has 3 N–H and O–H groups in total. The highest BCUT2D eigenvalue weighted by Crippen LogP contribution is 1.96. The van der Waals surface area contributed by atoms with Crippen molar-refractivity contribution < 1.29 is 9.53 Å². The van der Waals surface area contributed by atoms with E-state index in [0.717, 1.165) is 32.1 Å². The molecule has 0 spiro atoms. The van der Waals surface area contributed by atoms with E-state index in [1.165, 1.54) is 0 Å². The van der Waals surface area contributed by atoms with Gasteiger partial charge >= 0.3 is 0 Å². The van der Waals surface area contributed by atoms with Gasteiger partial charge < -0.3 is 20.7 Å². The van der Waals surface area contributed by atoms with Crippen LogP contribution in [0.3, 0.4) is 0 Å². The quantitative estimate of drug-likeness (QED) is 0.222. The van der Waals surface area contributed by atoms with Crippen LogP contribution in [-0.2, 0) is 4.74 Å². The van der Waals surface area contributed by atoms with E-state index in [1.54, 1.807) is 12.1 Å². The van der Waals surface area contributed by atoms with Crippen molar-refractivity contribution >= 4 is 35.8 Å². The first-order valence-electron chi connectivity index (χ1n) is 8.21. The number of aliphatic imine (C=N–C) groups is 1. The molecule has 0 heterocycles. The van der Waals surface area contributed by atoms with Gasteiger partial charge in [0.25, 0.3) is 5.91 Å². The minimum atomic E-state index is -0.0638. The number of rotatable bonds is 10. The zero-order chi connectivity index (χ0) is 16.8. The first-order valence-corrected chi connectivity index (χ1v) is 8.21.